The van der Waals surface area contributed by atoms with Gasteiger partial charge in [-0.25, -0.2) is 23.3 Å². The monoisotopic (exact) mass is 438 g/mol. The molecule has 9 nitrogen and oxygen atoms in total. The number of sulfonamides is 1. The summed E-state index contributed by atoms with van der Waals surface area (Å²) >= 11 is 0. The Bertz CT molecular complexity index is 1360. The molecule has 2 aromatic heterocycles. The minimum atomic E-state index is -3.76. The molecule has 0 atom stereocenters. The molecule has 10 heteroatoms. The third kappa shape index (κ3) is 4.39. The largest absolute Gasteiger partial charge is 0.465 e. The Morgan fingerprint density at radius 2 is 1.81 bits per heavy atom. The average Bonchev–Trinajstić information content (AvgIpc) is 3.22. The lowest BCUT2D eigenvalue weighted by Crippen LogP contribution is -2.12. The standard InChI is InChI=1S/C21H18N4O5S/c1-29-21(26)15-4-2-3-5-17(15)30-20-19-16(10-11-23-19)24-18(25-20)12-13-6-8-14(9-7-13)31(22,27)28/h2-11,23H,12H2,1H3,(H2,22,27,28). The van der Waals surface area contributed by atoms with E-state index in [1.807, 2.05) is 0 Å². The number of primary sulfonamides is 1. The summed E-state index contributed by atoms with van der Waals surface area (Å²) in [6.07, 6.45) is 2.05. The van der Waals surface area contributed by atoms with Gasteiger partial charge in [-0.2, -0.15) is 4.98 Å². The van der Waals surface area contributed by atoms with Crippen molar-refractivity contribution in [3.8, 4) is 11.6 Å². The minimum Gasteiger partial charge on any atom is -0.465 e. The van der Waals surface area contributed by atoms with Crippen LogP contribution in [0.3, 0.4) is 0 Å². The summed E-state index contributed by atoms with van der Waals surface area (Å²) in [7, 11) is -2.46. The van der Waals surface area contributed by atoms with E-state index in [-0.39, 0.29) is 16.3 Å². The number of nitrogens with two attached hydrogens (primary N) is 1. The number of hydrogen-bond acceptors (Lipinski definition) is 7. The maximum absolute atomic E-state index is 12.0. The van der Waals surface area contributed by atoms with Gasteiger partial charge in [0.2, 0.25) is 15.9 Å². The van der Waals surface area contributed by atoms with Crippen molar-refractivity contribution in [3.63, 3.8) is 0 Å². The minimum absolute atomic E-state index is 0.0293. The predicted octanol–water partition coefficient (Wildman–Crippen LogP) is 2.78. The highest BCUT2D eigenvalue weighted by Gasteiger charge is 2.17. The van der Waals surface area contributed by atoms with Crippen LogP contribution in [0.25, 0.3) is 11.0 Å². The van der Waals surface area contributed by atoms with E-state index in [0.29, 0.717) is 29.0 Å². The van der Waals surface area contributed by atoms with E-state index >= 15 is 0 Å². The lowest BCUT2D eigenvalue weighted by Gasteiger charge is -2.11. The molecule has 31 heavy (non-hydrogen) atoms. The number of carbonyl (C=O) groups excluding carboxylic acids is 1. The Morgan fingerprint density at radius 1 is 1.06 bits per heavy atom. The Labute approximate surface area is 177 Å². The Kier molecular flexibility index (Phi) is 5.40. The van der Waals surface area contributed by atoms with E-state index in [1.165, 1.54) is 19.2 Å². The molecule has 0 amide bonds. The number of fused-ring (bicyclic) bond motifs is 1. The topological polar surface area (TPSA) is 137 Å². The molecule has 4 rings (SSSR count). The van der Waals surface area contributed by atoms with E-state index in [1.54, 1.807) is 48.7 Å². The quantitative estimate of drug-likeness (QED) is 0.442. The van der Waals surface area contributed by atoms with Gasteiger partial charge in [0.1, 0.15) is 22.7 Å². The number of esters is 1. The zero-order valence-electron chi connectivity index (χ0n) is 16.4. The molecule has 0 aliphatic rings. The zero-order chi connectivity index (χ0) is 22.0. The van der Waals surface area contributed by atoms with Crippen molar-refractivity contribution in [3.05, 3.63) is 77.7 Å². The maximum Gasteiger partial charge on any atom is 0.341 e. The number of carbonyl (C=O) groups is 1. The van der Waals surface area contributed by atoms with Gasteiger partial charge in [0.25, 0.3) is 0 Å². The number of rotatable bonds is 6. The second kappa shape index (κ2) is 8.17. The summed E-state index contributed by atoms with van der Waals surface area (Å²) in [4.78, 5) is 24.1. The van der Waals surface area contributed by atoms with Gasteiger partial charge in [0.05, 0.1) is 17.5 Å². The van der Waals surface area contributed by atoms with Gasteiger partial charge in [0.15, 0.2) is 0 Å². The average molecular weight is 438 g/mol. The zero-order valence-corrected chi connectivity index (χ0v) is 17.2. The third-order valence-corrected chi connectivity index (χ3v) is 5.46. The number of aromatic nitrogens is 3. The number of aromatic amines is 1. The van der Waals surface area contributed by atoms with Crippen LogP contribution in [0.4, 0.5) is 0 Å². The molecule has 2 heterocycles. The number of nitrogens with zero attached hydrogens (tertiary/aromatic N) is 2. The molecule has 0 bridgehead atoms. The van der Waals surface area contributed by atoms with Crippen LogP contribution >= 0.6 is 0 Å². The lowest BCUT2D eigenvalue weighted by atomic mass is 10.1. The fourth-order valence-electron chi connectivity index (χ4n) is 3.03. The molecule has 4 aromatic rings. The molecule has 0 aliphatic heterocycles. The van der Waals surface area contributed by atoms with Crippen LogP contribution in [0.5, 0.6) is 11.6 Å². The molecular weight excluding hydrogens is 420 g/mol. The number of hydrogen-bond donors (Lipinski definition) is 2. The van der Waals surface area contributed by atoms with Gasteiger partial charge in [0, 0.05) is 12.6 Å². The predicted molar refractivity (Wildman–Crippen MR) is 112 cm³/mol. The molecule has 0 spiro atoms. The van der Waals surface area contributed by atoms with Gasteiger partial charge in [-0.15, -0.1) is 0 Å². The maximum atomic E-state index is 12.0. The first kappa shape index (κ1) is 20.5. The molecule has 158 valence electrons. The Morgan fingerprint density at radius 3 is 2.52 bits per heavy atom. The molecule has 0 unspecified atom stereocenters. The number of para-hydroxylation sites is 1. The SMILES string of the molecule is COC(=O)c1ccccc1Oc1nc(Cc2ccc(S(N)(=O)=O)cc2)nc2cc[nH]c12. The van der Waals surface area contributed by atoms with Crippen molar-refractivity contribution in [2.24, 2.45) is 5.14 Å². The Hall–Kier alpha value is -3.76. The van der Waals surface area contributed by atoms with Gasteiger partial charge >= 0.3 is 5.97 Å². The van der Waals surface area contributed by atoms with Crippen LogP contribution < -0.4 is 9.88 Å². The summed E-state index contributed by atoms with van der Waals surface area (Å²) in [6, 6.07) is 14.6. The van der Waals surface area contributed by atoms with Crippen LogP contribution in [0.1, 0.15) is 21.7 Å². The molecule has 0 radical (unpaired) electrons. The third-order valence-electron chi connectivity index (χ3n) is 4.53. The highest BCUT2D eigenvalue weighted by molar-refractivity contribution is 7.89. The van der Waals surface area contributed by atoms with E-state index < -0.39 is 16.0 Å². The summed E-state index contributed by atoms with van der Waals surface area (Å²) in [5.74, 6) is 0.485. The van der Waals surface area contributed by atoms with Crippen LogP contribution in [0.15, 0.2) is 65.7 Å². The molecule has 0 fully saturated rings. The van der Waals surface area contributed by atoms with Crippen LogP contribution in [-0.2, 0) is 21.2 Å². The van der Waals surface area contributed by atoms with Crippen LogP contribution in [0.2, 0.25) is 0 Å². The first-order valence-corrected chi connectivity index (χ1v) is 10.7. The highest BCUT2D eigenvalue weighted by atomic mass is 32.2. The van der Waals surface area contributed by atoms with E-state index in [9.17, 15) is 13.2 Å². The van der Waals surface area contributed by atoms with Crippen molar-refractivity contribution >= 4 is 27.0 Å². The van der Waals surface area contributed by atoms with Crippen molar-refractivity contribution in [1.82, 2.24) is 15.0 Å². The molecule has 2 aromatic carbocycles. The molecule has 0 saturated heterocycles. The van der Waals surface area contributed by atoms with Gasteiger partial charge in [-0.3, -0.25) is 0 Å². The molecular formula is C21H18N4O5S. The number of H-pyrrole nitrogens is 1. The highest BCUT2D eigenvalue weighted by Crippen LogP contribution is 2.29. The van der Waals surface area contributed by atoms with E-state index in [4.69, 9.17) is 14.6 Å². The number of ether oxygens (including phenoxy) is 2. The lowest BCUT2D eigenvalue weighted by molar-refractivity contribution is 0.0598. The Balaban J connectivity index is 1.69. The molecule has 0 aliphatic carbocycles. The summed E-state index contributed by atoms with van der Waals surface area (Å²) < 4.78 is 33.6. The summed E-state index contributed by atoms with van der Waals surface area (Å²) in [6.45, 7) is 0. The van der Waals surface area contributed by atoms with Crippen molar-refractivity contribution in [1.29, 1.82) is 0 Å². The summed E-state index contributed by atoms with van der Waals surface area (Å²) in [5.41, 5.74) is 2.27. The fraction of sp³-hybridized carbons (Fsp3) is 0.0952. The van der Waals surface area contributed by atoms with Crippen LogP contribution in [0, 0.1) is 0 Å². The van der Waals surface area contributed by atoms with E-state index in [2.05, 4.69) is 15.0 Å². The number of nitrogens with one attached hydrogen (secondary N) is 1. The van der Waals surface area contributed by atoms with Gasteiger partial charge in [-0.1, -0.05) is 24.3 Å². The fourth-order valence-corrected chi connectivity index (χ4v) is 3.55. The second-order valence-electron chi connectivity index (χ2n) is 6.64. The number of methoxy groups -OCH3 is 1. The first-order chi connectivity index (χ1) is 14.8. The summed E-state index contributed by atoms with van der Waals surface area (Å²) in [5, 5.41) is 5.14. The van der Waals surface area contributed by atoms with Gasteiger partial charge in [-0.05, 0) is 35.9 Å². The molecule has 0 saturated carbocycles. The van der Waals surface area contributed by atoms with Gasteiger partial charge < -0.3 is 14.5 Å². The van der Waals surface area contributed by atoms with Crippen molar-refractivity contribution < 1.29 is 22.7 Å². The second-order valence-corrected chi connectivity index (χ2v) is 8.20. The van der Waals surface area contributed by atoms with Crippen LogP contribution in [-0.4, -0.2) is 36.4 Å². The van der Waals surface area contributed by atoms with Crippen molar-refractivity contribution in [2.75, 3.05) is 7.11 Å². The smallest absolute Gasteiger partial charge is 0.341 e. The van der Waals surface area contributed by atoms with Crippen molar-refractivity contribution in [2.45, 2.75) is 11.3 Å². The number of benzene rings is 2. The normalized spacial score (nSPS) is 11.4. The van der Waals surface area contributed by atoms with E-state index in [0.717, 1.165) is 5.56 Å². The first-order valence-electron chi connectivity index (χ1n) is 9.16. The molecule has 3 N–H and O–H groups in total.